The first-order valence-electron chi connectivity index (χ1n) is 7.23. The first kappa shape index (κ1) is 18.0. The summed E-state index contributed by atoms with van der Waals surface area (Å²) in [5, 5.41) is 9.96. The molecule has 6 nitrogen and oxygen atoms in total. The average Bonchev–Trinajstić information content (AvgIpc) is 2.45. The van der Waals surface area contributed by atoms with Gasteiger partial charge in [-0.25, -0.2) is 4.79 Å². The molecule has 0 aliphatic heterocycles. The summed E-state index contributed by atoms with van der Waals surface area (Å²) < 4.78 is 5.20. The number of rotatable bonds is 8. The third-order valence-electron chi connectivity index (χ3n) is 3.28. The minimum Gasteiger partial charge on any atom is -0.507 e. The largest absolute Gasteiger partial charge is 0.507 e. The van der Waals surface area contributed by atoms with Crippen LogP contribution in [0.25, 0.3) is 0 Å². The maximum atomic E-state index is 11.9. The molecule has 2 N–H and O–H groups in total. The molecule has 0 amide bonds. The highest BCUT2D eigenvalue weighted by atomic mass is 16.6. The number of hydrogen-bond acceptors (Lipinski definition) is 6. The number of allylic oxidation sites excluding steroid dienone is 1. The van der Waals surface area contributed by atoms with Crippen molar-refractivity contribution in [1.82, 2.24) is 5.48 Å². The van der Waals surface area contributed by atoms with Gasteiger partial charge in [0, 0.05) is 24.1 Å². The van der Waals surface area contributed by atoms with E-state index in [1.807, 2.05) is 13.0 Å². The van der Waals surface area contributed by atoms with Crippen molar-refractivity contribution in [3.63, 3.8) is 0 Å². The molecule has 0 saturated carbocycles. The second-order valence-electron chi connectivity index (χ2n) is 5.42. The Kier molecular flexibility index (Phi) is 6.85. The topological polar surface area (TPSA) is 88.8 Å². The van der Waals surface area contributed by atoms with Crippen LogP contribution >= 0.6 is 0 Å². The Morgan fingerprint density at radius 3 is 2.68 bits per heavy atom. The van der Waals surface area contributed by atoms with Gasteiger partial charge >= 0.3 is 5.63 Å². The zero-order chi connectivity index (χ0) is 16.7. The van der Waals surface area contributed by atoms with Gasteiger partial charge in [0.15, 0.2) is 5.78 Å². The number of hydroxylamine groups is 1. The maximum Gasteiger partial charge on any atom is 0.350 e. The van der Waals surface area contributed by atoms with Crippen LogP contribution in [0.3, 0.4) is 0 Å². The van der Waals surface area contributed by atoms with Crippen molar-refractivity contribution in [3.8, 4) is 5.75 Å². The van der Waals surface area contributed by atoms with Crippen LogP contribution < -0.4 is 11.1 Å². The lowest BCUT2D eigenvalue weighted by Gasteiger charge is -2.11. The fourth-order valence-electron chi connectivity index (χ4n) is 1.95. The first-order chi connectivity index (χ1) is 10.4. The Morgan fingerprint density at radius 2 is 2.14 bits per heavy atom. The standard InChI is InChI=1S/C16H23NO5/c1-10(2)15(19)14-12(18)9-13(22-16(14)20)11(3)7-5-6-8-17-21-4/h6,8-11,17-18H,5,7H2,1-4H3/b8-6+. The summed E-state index contributed by atoms with van der Waals surface area (Å²) in [6.07, 6.45) is 5.02. The number of ketones is 1. The highest BCUT2D eigenvalue weighted by Crippen LogP contribution is 2.25. The number of carbonyl (C=O) groups is 1. The van der Waals surface area contributed by atoms with Gasteiger partial charge in [-0.2, -0.15) is 0 Å². The van der Waals surface area contributed by atoms with Gasteiger partial charge in [-0.05, 0) is 12.8 Å². The van der Waals surface area contributed by atoms with Crippen LogP contribution in [0.15, 0.2) is 27.6 Å². The number of nitrogens with one attached hydrogen (secondary N) is 1. The normalized spacial score (nSPS) is 12.8. The van der Waals surface area contributed by atoms with Crippen molar-refractivity contribution in [3.05, 3.63) is 40.1 Å². The molecule has 0 aliphatic rings. The fraction of sp³-hybridized carbons (Fsp3) is 0.500. The van der Waals surface area contributed by atoms with Crippen LogP contribution in [0.4, 0.5) is 0 Å². The van der Waals surface area contributed by atoms with E-state index in [-0.39, 0.29) is 23.1 Å². The molecular weight excluding hydrogens is 286 g/mol. The van der Waals surface area contributed by atoms with E-state index in [2.05, 4.69) is 10.3 Å². The van der Waals surface area contributed by atoms with E-state index in [1.165, 1.54) is 13.2 Å². The van der Waals surface area contributed by atoms with Gasteiger partial charge in [-0.15, -0.1) is 0 Å². The third-order valence-corrected chi connectivity index (χ3v) is 3.28. The Balaban J connectivity index is 2.85. The smallest absolute Gasteiger partial charge is 0.350 e. The van der Waals surface area contributed by atoms with Crippen LogP contribution in [0.1, 0.15) is 55.6 Å². The molecule has 0 radical (unpaired) electrons. The van der Waals surface area contributed by atoms with Crippen LogP contribution in [0.5, 0.6) is 5.75 Å². The molecule has 1 aromatic heterocycles. The van der Waals surface area contributed by atoms with Crippen LogP contribution in [0.2, 0.25) is 0 Å². The van der Waals surface area contributed by atoms with Gasteiger partial charge in [0.1, 0.15) is 17.1 Å². The first-order valence-corrected chi connectivity index (χ1v) is 7.23. The Labute approximate surface area is 129 Å². The van der Waals surface area contributed by atoms with Crippen molar-refractivity contribution in [2.75, 3.05) is 7.11 Å². The van der Waals surface area contributed by atoms with Crippen LogP contribution in [-0.2, 0) is 4.84 Å². The van der Waals surface area contributed by atoms with Gasteiger partial charge in [0.05, 0.1) is 7.11 Å². The SMILES string of the molecule is CON/C=C/CCC(C)c1cc(O)c(C(=O)C(C)C)c(=O)o1. The summed E-state index contributed by atoms with van der Waals surface area (Å²) in [4.78, 5) is 28.5. The summed E-state index contributed by atoms with van der Waals surface area (Å²) in [7, 11) is 1.52. The number of carbonyl (C=O) groups excluding carboxylic acids is 1. The van der Waals surface area contributed by atoms with Crippen molar-refractivity contribution in [2.24, 2.45) is 5.92 Å². The molecule has 1 heterocycles. The fourth-order valence-corrected chi connectivity index (χ4v) is 1.95. The number of aromatic hydroxyl groups is 1. The lowest BCUT2D eigenvalue weighted by Crippen LogP contribution is -2.19. The molecule has 1 rings (SSSR count). The highest BCUT2D eigenvalue weighted by molar-refractivity contribution is 5.99. The van der Waals surface area contributed by atoms with Gasteiger partial charge in [0.2, 0.25) is 0 Å². The summed E-state index contributed by atoms with van der Waals surface area (Å²) in [5.74, 6) is -0.798. The minimum absolute atomic E-state index is 0.0611. The minimum atomic E-state index is -0.780. The summed E-state index contributed by atoms with van der Waals surface area (Å²) in [5.41, 5.74) is 1.53. The summed E-state index contributed by atoms with van der Waals surface area (Å²) >= 11 is 0. The van der Waals surface area contributed by atoms with E-state index in [0.717, 1.165) is 12.8 Å². The number of Topliss-reactive ketones (excluding diaryl/α,β-unsaturated/α-hetero) is 1. The van der Waals surface area contributed by atoms with Gasteiger partial charge < -0.3 is 9.52 Å². The summed E-state index contributed by atoms with van der Waals surface area (Å²) in [6.45, 7) is 5.22. The average molecular weight is 309 g/mol. The molecule has 0 aromatic carbocycles. The van der Waals surface area contributed by atoms with E-state index in [0.29, 0.717) is 5.76 Å². The van der Waals surface area contributed by atoms with E-state index >= 15 is 0 Å². The second-order valence-corrected chi connectivity index (χ2v) is 5.42. The van der Waals surface area contributed by atoms with E-state index in [4.69, 9.17) is 4.42 Å². The highest BCUT2D eigenvalue weighted by Gasteiger charge is 2.22. The lowest BCUT2D eigenvalue weighted by molar-refractivity contribution is 0.0931. The quantitative estimate of drug-likeness (QED) is 0.567. The molecule has 0 spiro atoms. The number of hydrogen-bond donors (Lipinski definition) is 2. The Hall–Kier alpha value is -2.08. The maximum absolute atomic E-state index is 11.9. The van der Waals surface area contributed by atoms with Gasteiger partial charge in [-0.3, -0.25) is 15.1 Å². The Morgan fingerprint density at radius 1 is 1.45 bits per heavy atom. The molecule has 0 saturated heterocycles. The van der Waals surface area contributed by atoms with E-state index in [9.17, 15) is 14.7 Å². The molecule has 1 atom stereocenters. The van der Waals surface area contributed by atoms with Crippen LogP contribution in [-0.4, -0.2) is 18.0 Å². The third kappa shape index (κ3) is 4.73. The summed E-state index contributed by atoms with van der Waals surface area (Å²) in [6, 6.07) is 1.36. The van der Waals surface area contributed by atoms with Crippen molar-refractivity contribution < 1.29 is 19.2 Å². The second kappa shape index (κ2) is 8.38. The Bertz CT molecular complexity index is 589. The van der Waals surface area contributed by atoms with Crippen molar-refractivity contribution in [1.29, 1.82) is 0 Å². The van der Waals surface area contributed by atoms with E-state index < -0.39 is 11.4 Å². The molecule has 0 fully saturated rings. The van der Waals surface area contributed by atoms with E-state index in [1.54, 1.807) is 20.0 Å². The molecular formula is C16H23NO5. The van der Waals surface area contributed by atoms with Crippen molar-refractivity contribution in [2.45, 2.75) is 39.5 Å². The zero-order valence-electron chi connectivity index (χ0n) is 13.4. The predicted octanol–water partition coefficient (Wildman–Crippen LogP) is 2.73. The molecule has 6 heteroatoms. The molecule has 1 aromatic rings. The molecule has 0 bridgehead atoms. The van der Waals surface area contributed by atoms with Crippen LogP contribution in [0, 0.1) is 5.92 Å². The lowest BCUT2D eigenvalue weighted by atomic mass is 9.99. The van der Waals surface area contributed by atoms with Gasteiger partial charge in [0.25, 0.3) is 0 Å². The molecule has 1 unspecified atom stereocenters. The van der Waals surface area contributed by atoms with Gasteiger partial charge in [-0.1, -0.05) is 26.8 Å². The monoisotopic (exact) mass is 309 g/mol. The molecule has 0 aliphatic carbocycles. The van der Waals surface area contributed by atoms with Crippen molar-refractivity contribution >= 4 is 5.78 Å². The molecule has 22 heavy (non-hydrogen) atoms. The molecule has 122 valence electrons. The zero-order valence-corrected chi connectivity index (χ0v) is 13.4. The predicted molar refractivity (Wildman–Crippen MR) is 82.7 cm³/mol.